The number of carbonyl (C=O) groups excluding carboxylic acids is 1. The van der Waals surface area contributed by atoms with Crippen molar-refractivity contribution in [2.24, 2.45) is 11.7 Å². The van der Waals surface area contributed by atoms with Gasteiger partial charge in [0.05, 0.1) is 24.1 Å². The average molecular weight is 229 g/mol. The fourth-order valence-electron chi connectivity index (χ4n) is 2.04. The van der Waals surface area contributed by atoms with Crippen molar-refractivity contribution in [3.05, 3.63) is 11.1 Å². The molecule has 5 nitrogen and oxygen atoms in total. The van der Waals surface area contributed by atoms with Gasteiger partial charge in [0.1, 0.15) is 0 Å². The normalized spacial score (nSPS) is 34.8. The highest BCUT2D eigenvalue weighted by atomic mass is 32.2. The van der Waals surface area contributed by atoms with Crippen molar-refractivity contribution in [1.29, 1.82) is 0 Å². The molecule has 0 aromatic carbocycles. The molecule has 1 saturated carbocycles. The molecule has 0 radical (unpaired) electrons. The third-order valence-corrected chi connectivity index (χ3v) is 4.35. The summed E-state index contributed by atoms with van der Waals surface area (Å²) in [5.41, 5.74) is 6.08. The van der Waals surface area contributed by atoms with Gasteiger partial charge in [-0.05, 0) is 5.57 Å². The van der Waals surface area contributed by atoms with E-state index in [4.69, 9.17) is 15.9 Å². The maximum atomic E-state index is 11.5. The first-order valence-corrected chi connectivity index (χ1v) is 5.59. The van der Waals surface area contributed by atoms with Gasteiger partial charge in [0.15, 0.2) is 5.78 Å². The van der Waals surface area contributed by atoms with Crippen LogP contribution >= 0.6 is 11.8 Å². The number of carbonyl (C=O) groups is 2. The van der Waals surface area contributed by atoms with Gasteiger partial charge in [-0.15, -0.1) is 0 Å². The van der Waals surface area contributed by atoms with Crippen molar-refractivity contribution >= 4 is 23.5 Å². The summed E-state index contributed by atoms with van der Waals surface area (Å²) in [4.78, 5) is 22.4. The molecule has 0 spiro atoms. The molecule has 4 N–H and O–H groups in total. The van der Waals surface area contributed by atoms with Crippen molar-refractivity contribution in [2.45, 2.75) is 11.3 Å². The summed E-state index contributed by atoms with van der Waals surface area (Å²) in [6.45, 7) is -0.305. The van der Waals surface area contributed by atoms with E-state index in [-0.39, 0.29) is 23.2 Å². The SMILES string of the molecule is NC1C(=O)C2C(C(=O)O)=C(CO)CSC12. The first-order chi connectivity index (χ1) is 7.07. The van der Waals surface area contributed by atoms with E-state index in [9.17, 15) is 9.59 Å². The average Bonchev–Trinajstić information content (AvgIpc) is 2.25. The van der Waals surface area contributed by atoms with Crippen molar-refractivity contribution in [2.75, 3.05) is 12.4 Å². The van der Waals surface area contributed by atoms with Gasteiger partial charge in [-0.25, -0.2) is 4.79 Å². The summed E-state index contributed by atoms with van der Waals surface area (Å²) in [6, 6.07) is -0.547. The highest BCUT2D eigenvalue weighted by molar-refractivity contribution is 8.00. The molecule has 0 amide bonds. The number of carboxylic acid groups (broad SMARTS) is 1. The Kier molecular flexibility index (Phi) is 2.57. The lowest BCUT2D eigenvalue weighted by atomic mass is 9.72. The third kappa shape index (κ3) is 1.40. The molecule has 0 saturated heterocycles. The van der Waals surface area contributed by atoms with Crippen LogP contribution in [-0.2, 0) is 9.59 Å². The molecule has 1 aliphatic heterocycles. The minimum Gasteiger partial charge on any atom is -0.478 e. The van der Waals surface area contributed by atoms with E-state index in [0.29, 0.717) is 11.3 Å². The number of hydrogen-bond acceptors (Lipinski definition) is 5. The second-order valence-electron chi connectivity index (χ2n) is 3.66. The molecule has 15 heavy (non-hydrogen) atoms. The van der Waals surface area contributed by atoms with Crippen molar-refractivity contribution in [3.8, 4) is 0 Å². The van der Waals surface area contributed by atoms with E-state index in [1.54, 1.807) is 0 Å². The third-order valence-electron chi connectivity index (χ3n) is 2.88. The van der Waals surface area contributed by atoms with Crippen LogP contribution in [0.15, 0.2) is 11.1 Å². The van der Waals surface area contributed by atoms with Crippen LogP contribution in [0.1, 0.15) is 0 Å². The Balaban J connectivity index is 2.38. The molecule has 3 atom stereocenters. The number of ketones is 1. The van der Waals surface area contributed by atoms with Crippen LogP contribution in [0.25, 0.3) is 0 Å². The van der Waals surface area contributed by atoms with Crippen LogP contribution in [0.5, 0.6) is 0 Å². The summed E-state index contributed by atoms with van der Waals surface area (Å²) in [7, 11) is 0. The van der Waals surface area contributed by atoms with E-state index >= 15 is 0 Å². The van der Waals surface area contributed by atoms with E-state index < -0.39 is 17.9 Å². The van der Waals surface area contributed by atoms with Gasteiger partial charge in [0.2, 0.25) is 0 Å². The lowest BCUT2D eigenvalue weighted by Gasteiger charge is -2.44. The molecular formula is C9H11NO4S. The van der Waals surface area contributed by atoms with Crippen LogP contribution in [-0.4, -0.2) is 45.6 Å². The molecule has 3 unspecified atom stereocenters. The van der Waals surface area contributed by atoms with E-state index in [2.05, 4.69) is 0 Å². The Hall–Kier alpha value is -0.850. The quantitative estimate of drug-likeness (QED) is 0.561. The Morgan fingerprint density at radius 3 is 2.80 bits per heavy atom. The predicted octanol–water partition coefficient (Wildman–Crippen LogP) is -0.998. The monoisotopic (exact) mass is 229 g/mol. The molecule has 0 bridgehead atoms. The molecule has 1 fully saturated rings. The molecule has 6 heteroatoms. The Bertz CT molecular complexity index is 365. The Morgan fingerprint density at radius 1 is 1.60 bits per heavy atom. The Morgan fingerprint density at radius 2 is 2.27 bits per heavy atom. The second-order valence-corrected chi connectivity index (χ2v) is 4.83. The highest BCUT2D eigenvalue weighted by Gasteiger charge is 2.53. The number of fused-ring (bicyclic) bond motifs is 1. The topological polar surface area (TPSA) is 101 Å². The smallest absolute Gasteiger partial charge is 0.332 e. The van der Waals surface area contributed by atoms with Crippen LogP contribution in [0, 0.1) is 5.92 Å². The maximum Gasteiger partial charge on any atom is 0.332 e. The van der Waals surface area contributed by atoms with Crippen molar-refractivity contribution < 1.29 is 19.8 Å². The van der Waals surface area contributed by atoms with Crippen molar-refractivity contribution in [1.82, 2.24) is 0 Å². The van der Waals surface area contributed by atoms with Crippen LogP contribution in [0.2, 0.25) is 0 Å². The fourth-order valence-corrected chi connectivity index (χ4v) is 3.48. The van der Waals surface area contributed by atoms with Gasteiger partial charge in [0, 0.05) is 11.0 Å². The molecule has 0 aromatic heterocycles. The second kappa shape index (κ2) is 3.62. The van der Waals surface area contributed by atoms with Gasteiger partial charge in [0.25, 0.3) is 0 Å². The van der Waals surface area contributed by atoms with E-state index in [1.165, 1.54) is 11.8 Å². The zero-order valence-electron chi connectivity index (χ0n) is 7.84. The number of aliphatic hydroxyl groups is 1. The number of thioether (sulfide) groups is 1. The molecule has 1 aliphatic carbocycles. The number of rotatable bonds is 2. The van der Waals surface area contributed by atoms with E-state index in [0.717, 1.165) is 0 Å². The summed E-state index contributed by atoms with van der Waals surface area (Å²) in [6.07, 6.45) is 0. The maximum absolute atomic E-state index is 11.5. The highest BCUT2D eigenvalue weighted by Crippen LogP contribution is 2.44. The first kappa shape index (κ1) is 10.7. The van der Waals surface area contributed by atoms with Gasteiger partial charge in [-0.3, -0.25) is 4.79 Å². The minimum atomic E-state index is -1.12. The number of aliphatic hydroxyl groups excluding tert-OH is 1. The van der Waals surface area contributed by atoms with E-state index in [1.807, 2.05) is 0 Å². The molecule has 0 aromatic rings. The zero-order valence-corrected chi connectivity index (χ0v) is 8.66. The summed E-state index contributed by atoms with van der Waals surface area (Å²) >= 11 is 1.45. The van der Waals surface area contributed by atoms with Gasteiger partial charge >= 0.3 is 5.97 Å². The standard InChI is InChI=1S/C9H11NO4S/c10-6-7(12)5-4(9(13)14)3(1-11)2-15-8(5)6/h5-6,8,11H,1-2,10H2,(H,13,14). The summed E-state index contributed by atoms with van der Waals surface area (Å²) in [5.74, 6) is -1.51. The number of aliphatic carboxylic acids is 1. The van der Waals surface area contributed by atoms with Crippen LogP contribution < -0.4 is 5.73 Å². The summed E-state index contributed by atoms with van der Waals surface area (Å²) < 4.78 is 0. The summed E-state index contributed by atoms with van der Waals surface area (Å²) in [5, 5.41) is 17.9. The van der Waals surface area contributed by atoms with Gasteiger partial charge in [-0.2, -0.15) is 11.8 Å². The number of nitrogens with two attached hydrogens (primary N) is 1. The number of Topliss-reactive ketones (excluding diaryl/α,β-unsaturated/α-hetero) is 1. The predicted molar refractivity (Wildman–Crippen MR) is 54.5 cm³/mol. The van der Waals surface area contributed by atoms with Crippen molar-refractivity contribution in [3.63, 3.8) is 0 Å². The van der Waals surface area contributed by atoms with Gasteiger partial charge < -0.3 is 15.9 Å². The lowest BCUT2D eigenvalue weighted by Crippen LogP contribution is -2.62. The first-order valence-electron chi connectivity index (χ1n) is 4.55. The van der Waals surface area contributed by atoms with Gasteiger partial charge in [-0.1, -0.05) is 0 Å². The largest absolute Gasteiger partial charge is 0.478 e. The zero-order chi connectivity index (χ0) is 11.2. The fraction of sp³-hybridized carbons (Fsp3) is 0.556. The molecule has 2 rings (SSSR count). The number of carboxylic acids is 1. The molecule has 82 valence electrons. The molecule has 1 heterocycles. The molecular weight excluding hydrogens is 218 g/mol. The lowest BCUT2D eigenvalue weighted by molar-refractivity contribution is -0.138. The Labute approximate surface area is 90.3 Å². The van der Waals surface area contributed by atoms with Crippen LogP contribution in [0.4, 0.5) is 0 Å². The molecule has 2 aliphatic rings. The van der Waals surface area contributed by atoms with Crippen LogP contribution in [0.3, 0.4) is 0 Å². The number of hydrogen-bond donors (Lipinski definition) is 3. The minimum absolute atomic E-state index is 0.0629.